The third kappa shape index (κ3) is 31.2. The van der Waals surface area contributed by atoms with Crippen LogP contribution in [0.5, 0.6) is 57.5 Å². The second-order valence-corrected chi connectivity index (χ2v) is 38.2. The highest BCUT2D eigenvalue weighted by atomic mass is 32.2. The lowest BCUT2D eigenvalue weighted by molar-refractivity contribution is -0.275. The summed E-state index contributed by atoms with van der Waals surface area (Å²) >= 11 is 0.817. The maximum absolute atomic E-state index is 13.0. The fraction of sp³-hybridized carbons (Fsp3) is 0.135. The smallest absolute Gasteiger partial charge is 0.494 e. The number of nitrogens with zero attached hydrogens (tertiary/aromatic N) is 1. The SMILES string of the molecule is CCCCOc1ccc(S(=O)(=O)Nc2ccc(OCCOc3ccc(C(=O)O)cc3)cc2)cc1.O=C(O)c1ccc(OCCOc2ccc(NS(=O)(=O)c3cccc4cccnc34)cc2)cc1.O=C(O)c1ccc(OCCOc2ccc(NS(=O)(=O)c3ccccc3OC(F)(F)F)cc2)cc1.O=C(O)c1ccc(OCCOc2ccc(NS(=O)(=O)c3sccc3S(=O)(=O)c3ccccc3)cc2)cc1. The molecule has 0 spiro atoms. The molecule has 0 saturated carbocycles. The number of sulfone groups is 1. The van der Waals surface area contributed by atoms with E-state index in [0.29, 0.717) is 75.2 Å². The van der Waals surface area contributed by atoms with Gasteiger partial charge in [0.15, 0.2) is 4.21 Å². The largest absolute Gasteiger partial charge is 0.573 e. The predicted molar refractivity (Wildman–Crippen MR) is 504 cm³/mol. The fourth-order valence-corrected chi connectivity index (χ4v) is 20.1. The Bertz CT molecular complexity index is 7030. The van der Waals surface area contributed by atoms with E-state index in [4.69, 9.17) is 63.1 Å². The van der Waals surface area contributed by atoms with Gasteiger partial charge in [-0.2, -0.15) is 0 Å². The zero-order chi connectivity index (χ0) is 98.9. The summed E-state index contributed by atoms with van der Waals surface area (Å²) in [4.78, 5) is 46.9. The Morgan fingerprint density at radius 3 is 0.978 bits per heavy atom. The summed E-state index contributed by atoms with van der Waals surface area (Å²) in [7, 11) is -20.1. The normalized spacial score (nSPS) is 11.3. The molecule has 12 aromatic carbocycles. The average molecular weight is 2010 g/mol. The molecule has 33 nitrogen and oxygen atoms in total. The number of halogens is 3. The molecule has 14 rings (SSSR count). The van der Waals surface area contributed by atoms with Gasteiger partial charge < -0.3 is 67.8 Å². The first-order chi connectivity index (χ1) is 66.0. The number of hydrogen-bond donors (Lipinski definition) is 8. The van der Waals surface area contributed by atoms with E-state index in [-0.39, 0.29) is 110 Å². The molecule has 2 heterocycles. The van der Waals surface area contributed by atoms with Crippen LogP contribution in [0.4, 0.5) is 35.9 Å². The van der Waals surface area contributed by atoms with Gasteiger partial charge in [-0.3, -0.25) is 23.9 Å². The number of alkyl halides is 3. The van der Waals surface area contributed by atoms with E-state index >= 15 is 0 Å². The molecule has 8 N–H and O–H groups in total. The molecule has 138 heavy (non-hydrogen) atoms. The number of sulfonamides is 4. The molecule has 42 heteroatoms. The Hall–Kier alpha value is -15.6. The molecule has 0 aliphatic heterocycles. The first-order valence-electron chi connectivity index (χ1n) is 41.2. The van der Waals surface area contributed by atoms with Crippen molar-refractivity contribution in [3.05, 3.63) is 343 Å². The molecule has 0 atom stereocenters. The number of pyridine rings is 1. The number of para-hydroxylation sites is 2. The molecule has 14 aromatic rings. The lowest BCUT2D eigenvalue weighted by Crippen LogP contribution is -2.20. The van der Waals surface area contributed by atoms with Gasteiger partial charge in [-0.1, -0.05) is 61.9 Å². The number of fused-ring (bicyclic) bond motifs is 1. The van der Waals surface area contributed by atoms with Gasteiger partial charge >= 0.3 is 30.2 Å². The Kier molecular flexibility index (Phi) is 36.2. The van der Waals surface area contributed by atoms with E-state index < -0.39 is 90.8 Å². The van der Waals surface area contributed by atoms with E-state index in [9.17, 15) is 74.4 Å². The van der Waals surface area contributed by atoms with E-state index in [2.05, 4.69) is 35.5 Å². The minimum absolute atomic E-state index is 0.00704. The van der Waals surface area contributed by atoms with E-state index in [0.717, 1.165) is 41.7 Å². The molecule has 0 aliphatic rings. The summed E-state index contributed by atoms with van der Waals surface area (Å²) in [6.45, 7) is 4.43. The number of thiophene rings is 1. The summed E-state index contributed by atoms with van der Waals surface area (Å²) < 4.78 is 229. The number of unbranched alkanes of at least 4 members (excludes halogenated alkanes) is 1. The number of benzene rings is 12. The third-order valence-corrected chi connectivity index (χ3v) is 27.8. The monoisotopic (exact) mass is 2010 g/mol. The highest BCUT2D eigenvalue weighted by Crippen LogP contribution is 2.36. The molecule has 0 radical (unpaired) electrons. The van der Waals surface area contributed by atoms with Crippen molar-refractivity contribution < 1.29 is 142 Å². The van der Waals surface area contributed by atoms with Crippen molar-refractivity contribution >= 4 is 119 Å². The van der Waals surface area contributed by atoms with Gasteiger partial charge in [0.05, 0.1) is 44.2 Å². The molecule has 0 aliphatic carbocycles. The summed E-state index contributed by atoms with van der Waals surface area (Å²) in [5, 5.41) is 37.7. The molecule has 0 saturated heterocycles. The van der Waals surface area contributed by atoms with Crippen molar-refractivity contribution in [2.75, 3.05) is 78.4 Å². The number of ether oxygens (including phenoxy) is 10. The van der Waals surface area contributed by atoms with Gasteiger partial charge in [-0.15, -0.1) is 24.5 Å². The lowest BCUT2D eigenvalue weighted by atomic mass is 10.2. The van der Waals surface area contributed by atoms with Gasteiger partial charge in [-0.05, 0) is 273 Å². The van der Waals surface area contributed by atoms with Gasteiger partial charge in [0.2, 0.25) is 9.84 Å². The third-order valence-electron chi connectivity index (χ3n) is 18.6. The van der Waals surface area contributed by atoms with Crippen molar-refractivity contribution in [2.45, 2.75) is 54.8 Å². The first kappa shape index (κ1) is 103. The minimum Gasteiger partial charge on any atom is -0.494 e. The Labute approximate surface area is 794 Å². The Morgan fingerprint density at radius 2 is 0.623 bits per heavy atom. The molecular weight excluding hydrogens is 1920 g/mol. The molecular formula is C96H86F3N5O28S6. The second kappa shape index (κ2) is 48.5. The summed E-state index contributed by atoms with van der Waals surface area (Å²) in [5.74, 6) is -0.247. The summed E-state index contributed by atoms with van der Waals surface area (Å²) in [6, 6.07) is 77.1. The minimum atomic E-state index is -5.05. The van der Waals surface area contributed by atoms with Crippen LogP contribution in [0.1, 0.15) is 61.2 Å². The maximum atomic E-state index is 13.0. The number of hydrogen-bond acceptors (Lipinski definition) is 26. The molecule has 0 unspecified atom stereocenters. The van der Waals surface area contributed by atoms with Crippen LogP contribution in [0, 0.1) is 0 Å². The van der Waals surface area contributed by atoms with Crippen LogP contribution in [0.15, 0.2) is 350 Å². The predicted octanol–water partition coefficient (Wildman–Crippen LogP) is 18.1. The molecule has 720 valence electrons. The van der Waals surface area contributed by atoms with Gasteiger partial charge in [0.25, 0.3) is 40.1 Å². The quantitative estimate of drug-likeness (QED) is 0.0165. The van der Waals surface area contributed by atoms with Crippen LogP contribution >= 0.6 is 11.3 Å². The highest BCUT2D eigenvalue weighted by Gasteiger charge is 2.35. The molecule has 0 bridgehead atoms. The van der Waals surface area contributed by atoms with Crippen molar-refractivity contribution in [3.63, 3.8) is 0 Å². The molecule has 0 fully saturated rings. The number of carbonyl (C=O) groups is 4. The highest BCUT2D eigenvalue weighted by molar-refractivity contribution is 7.97. The van der Waals surface area contributed by atoms with Crippen molar-refractivity contribution in [2.24, 2.45) is 0 Å². The van der Waals surface area contributed by atoms with Crippen LogP contribution in [0.3, 0.4) is 0 Å². The average Bonchev–Trinajstić information content (AvgIpc) is 1.60. The lowest BCUT2D eigenvalue weighted by Gasteiger charge is -2.14. The number of nitrogens with one attached hydrogen (secondary N) is 4. The van der Waals surface area contributed by atoms with Crippen LogP contribution < -0.4 is 66.3 Å². The zero-order valence-corrected chi connectivity index (χ0v) is 77.4. The second-order valence-electron chi connectivity index (χ2n) is 28.5. The number of aromatic carboxylic acids is 4. The van der Waals surface area contributed by atoms with E-state index in [1.807, 2.05) is 12.1 Å². The van der Waals surface area contributed by atoms with Crippen LogP contribution in [0.25, 0.3) is 10.9 Å². The summed E-state index contributed by atoms with van der Waals surface area (Å²) in [6.07, 6.45) is -1.52. The van der Waals surface area contributed by atoms with Gasteiger partial charge in [-0.25, -0.2) is 61.3 Å². The molecule has 0 amide bonds. The summed E-state index contributed by atoms with van der Waals surface area (Å²) in [5.41, 5.74) is 2.21. The van der Waals surface area contributed by atoms with Crippen LogP contribution in [0.2, 0.25) is 0 Å². The maximum Gasteiger partial charge on any atom is 0.573 e. The van der Waals surface area contributed by atoms with E-state index in [1.54, 1.807) is 146 Å². The first-order valence-corrected chi connectivity index (χ1v) is 49.5. The zero-order valence-electron chi connectivity index (χ0n) is 72.5. The van der Waals surface area contributed by atoms with Crippen molar-refractivity contribution in [3.8, 4) is 57.5 Å². The van der Waals surface area contributed by atoms with Crippen LogP contribution in [-0.2, 0) is 49.9 Å². The van der Waals surface area contributed by atoms with Gasteiger partial charge in [0, 0.05) is 34.3 Å². The fourth-order valence-electron chi connectivity index (χ4n) is 12.0. The Morgan fingerprint density at radius 1 is 0.319 bits per heavy atom. The standard InChI is InChI=1S/C25H21NO8S3.C25H27NO7S.C24H20N2O6S.C22H18F3NO7S/c27-24(28)18-6-10-20(11-7-18)33-15-16-34-21-12-8-19(9-13-21)26-37(31,32)25-23(14-17-35-25)36(29,30)22-4-2-1-3-5-22;1-2-3-16-31-23-12-14-24(15-13-23)34(29,30)26-20-6-10-22(11-7-20)33-18-17-32-21-8-4-19(5-9-21)25(27)28;27-24(28)18-6-10-20(11-7-18)31-15-16-32-21-12-8-19(9-13-21)26-33(29,30)22-5-1-3-17-4-2-14-25-23(17)22;23-22(24,25)33-19-3-1-2-4-20(19)34(29,30)26-16-7-11-18(12-8-16)32-14-13-31-17-9-5-15(6-10-17)21(27)28/h1-14,17,26H,15-16H2,(H,27,28);4-15,26H,2-3,16-18H2,1H3,(H,27,28);1-14,26H,15-16H2,(H,27,28);1-12,26H,13-14H2,(H,27,28). The van der Waals surface area contributed by atoms with E-state index in [1.165, 1.54) is 151 Å². The number of carboxylic acid groups (broad SMARTS) is 4. The number of rotatable bonds is 43. The van der Waals surface area contributed by atoms with Crippen molar-refractivity contribution in [1.29, 1.82) is 0 Å². The van der Waals surface area contributed by atoms with Crippen LogP contribution in [-0.4, -0.2) is 157 Å². The molecule has 2 aromatic heterocycles. The number of aromatic nitrogens is 1. The Balaban J connectivity index is 0.000000177. The van der Waals surface area contributed by atoms with Crippen molar-refractivity contribution in [1.82, 2.24) is 4.98 Å². The van der Waals surface area contributed by atoms with Gasteiger partial charge in [0.1, 0.15) is 125 Å². The number of carboxylic acids is 4. The number of anilines is 4. The topological polar surface area (TPSA) is 473 Å².